The van der Waals surface area contributed by atoms with Gasteiger partial charge < -0.3 is 14.7 Å². The maximum atomic E-state index is 13.1. The molecule has 0 bridgehead atoms. The molecule has 2 aliphatic rings. The molecular weight excluding hydrogens is 332 g/mol. The first-order valence-electron chi connectivity index (χ1n) is 9.04. The molecule has 2 aliphatic heterocycles. The maximum Gasteiger partial charge on any atom is 0.228 e. The molecule has 3 unspecified atom stereocenters. The Bertz CT molecular complexity index is 693. The van der Waals surface area contributed by atoms with Crippen LogP contribution in [0, 0.1) is 11.8 Å². The molecule has 0 spiro atoms. The SMILES string of the molecule is CC(=O)N1CCC(CN(C)C(=O)C2CC(=O)N(C)C2c2cccnc2)C1. The number of carbonyl (C=O) groups is 3. The summed E-state index contributed by atoms with van der Waals surface area (Å²) in [5.41, 5.74) is 0.885. The quantitative estimate of drug-likeness (QED) is 0.802. The van der Waals surface area contributed by atoms with E-state index in [1.165, 1.54) is 0 Å². The fourth-order valence-corrected chi connectivity index (χ4v) is 4.13. The van der Waals surface area contributed by atoms with Crippen LogP contribution in [0.25, 0.3) is 0 Å². The fourth-order valence-electron chi connectivity index (χ4n) is 4.13. The van der Waals surface area contributed by atoms with Gasteiger partial charge >= 0.3 is 0 Å². The van der Waals surface area contributed by atoms with Crippen LogP contribution >= 0.6 is 0 Å². The van der Waals surface area contributed by atoms with Crippen LogP contribution in [0.5, 0.6) is 0 Å². The van der Waals surface area contributed by atoms with Gasteiger partial charge in [0.15, 0.2) is 0 Å². The normalized spacial score (nSPS) is 25.7. The number of carbonyl (C=O) groups excluding carboxylic acids is 3. The van der Waals surface area contributed by atoms with Crippen LogP contribution in [0.3, 0.4) is 0 Å². The lowest BCUT2D eigenvalue weighted by molar-refractivity contribution is -0.135. The number of hydrogen-bond acceptors (Lipinski definition) is 4. The van der Waals surface area contributed by atoms with Crippen LogP contribution in [0.2, 0.25) is 0 Å². The van der Waals surface area contributed by atoms with E-state index in [-0.39, 0.29) is 30.2 Å². The highest BCUT2D eigenvalue weighted by Gasteiger charge is 2.44. The second-order valence-electron chi connectivity index (χ2n) is 7.38. The summed E-state index contributed by atoms with van der Waals surface area (Å²) < 4.78 is 0. The van der Waals surface area contributed by atoms with Gasteiger partial charge in [-0.25, -0.2) is 0 Å². The largest absolute Gasteiger partial charge is 0.345 e. The van der Waals surface area contributed by atoms with Crippen molar-refractivity contribution in [3.05, 3.63) is 30.1 Å². The van der Waals surface area contributed by atoms with Crippen molar-refractivity contribution >= 4 is 17.7 Å². The monoisotopic (exact) mass is 358 g/mol. The zero-order valence-corrected chi connectivity index (χ0v) is 15.6. The van der Waals surface area contributed by atoms with E-state index < -0.39 is 5.92 Å². The summed E-state index contributed by atoms with van der Waals surface area (Å²) in [7, 11) is 3.54. The predicted molar refractivity (Wildman–Crippen MR) is 95.9 cm³/mol. The second-order valence-corrected chi connectivity index (χ2v) is 7.38. The van der Waals surface area contributed by atoms with Crippen LogP contribution in [0.15, 0.2) is 24.5 Å². The zero-order chi connectivity index (χ0) is 18.8. The molecule has 2 saturated heterocycles. The predicted octanol–water partition coefficient (Wildman–Crippen LogP) is 0.928. The van der Waals surface area contributed by atoms with Crippen LogP contribution in [-0.2, 0) is 14.4 Å². The third kappa shape index (κ3) is 3.57. The molecule has 3 amide bonds. The van der Waals surface area contributed by atoms with Gasteiger partial charge in [-0.1, -0.05) is 6.07 Å². The first-order valence-corrected chi connectivity index (χ1v) is 9.04. The number of likely N-dealkylation sites (tertiary alicyclic amines) is 2. The molecule has 3 rings (SSSR count). The van der Waals surface area contributed by atoms with Gasteiger partial charge in [0.2, 0.25) is 17.7 Å². The Hall–Kier alpha value is -2.44. The number of nitrogens with zero attached hydrogens (tertiary/aromatic N) is 4. The van der Waals surface area contributed by atoms with E-state index in [4.69, 9.17) is 0 Å². The average Bonchev–Trinajstić information content (AvgIpc) is 3.20. The Morgan fingerprint density at radius 3 is 2.77 bits per heavy atom. The minimum absolute atomic E-state index is 0.0159. The Balaban J connectivity index is 1.69. The topological polar surface area (TPSA) is 73.8 Å². The molecule has 0 aromatic carbocycles. The highest BCUT2D eigenvalue weighted by molar-refractivity contribution is 5.90. The second kappa shape index (κ2) is 7.43. The van der Waals surface area contributed by atoms with Crippen molar-refractivity contribution in [3.8, 4) is 0 Å². The lowest BCUT2D eigenvalue weighted by Gasteiger charge is -2.29. The zero-order valence-electron chi connectivity index (χ0n) is 15.6. The molecular formula is C19H26N4O3. The third-order valence-electron chi connectivity index (χ3n) is 5.57. The molecule has 7 nitrogen and oxygen atoms in total. The number of hydrogen-bond donors (Lipinski definition) is 0. The van der Waals surface area contributed by atoms with Crippen molar-refractivity contribution in [2.24, 2.45) is 11.8 Å². The minimum Gasteiger partial charge on any atom is -0.345 e. The third-order valence-corrected chi connectivity index (χ3v) is 5.57. The Morgan fingerprint density at radius 2 is 2.15 bits per heavy atom. The molecule has 140 valence electrons. The highest BCUT2D eigenvalue weighted by Crippen LogP contribution is 2.37. The van der Waals surface area contributed by atoms with Crippen molar-refractivity contribution in [3.63, 3.8) is 0 Å². The van der Waals surface area contributed by atoms with Crippen molar-refractivity contribution < 1.29 is 14.4 Å². The Morgan fingerprint density at radius 1 is 1.38 bits per heavy atom. The number of pyridine rings is 1. The van der Waals surface area contributed by atoms with Gasteiger partial charge in [0.1, 0.15) is 0 Å². The van der Waals surface area contributed by atoms with Crippen LogP contribution in [-0.4, -0.2) is 71.1 Å². The summed E-state index contributed by atoms with van der Waals surface area (Å²) in [4.78, 5) is 46.2. The Labute approximate surface area is 154 Å². The van der Waals surface area contributed by atoms with E-state index in [0.29, 0.717) is 19.0 Å². The summed E-state index contributed by atoms with van der Waals surface area (Å²) in [5, 5.41) is 0. The van der Waals surface area contributed by atoms with Crippen molar-refractivity contribution in [2.45, 2.75) is 25.8 Å². The lowest BCUT2D eigenvalue weighted by atomic mass is 9.93. The fraction of sp³-hybridized carbons (Fsp3) is 0.579. The van der Waals surface area contributed by atoms with Gasteiger partial charge in [-0.15, -0.1) is 0 Å². The van der Waals surface area contributed by atoms with E-state index in [2.05, 4.69) is 4.98 Å². The highest BCUT2D eigenvalue weighted by atomic mass is 16.2. The van der Waals surface area contributed by atoms with Crippen LogP contribution in [0.4, 0.5) is 0 Å². The van der Waals surface area contributed by atoms with Gasteiger partial charge in [-0.2, -0.15) is 0 Å². The number of aromatic nitrogens is 1. The van der Waals surface area contributed by atoms with E-state index in [0.717, 1.165) is 18.5 Å². The smallest absolute Gasteiger partial charge is 0.228 e. The molecule has 7 heteroatoms. The molecule has 0 N–H and O–H groups in total. The molecule has 3 heterocycles. The van der Waals surface area contributed by atoms with Crippen LogP contribution < -0.4 is 0 Å². The van der Waals surface area contributed by atoms with Gasteiger partial charge in [0, 0.05) is 59.5 Å². The van der Waals surface area contributed by atoms with E-state index >= 15 is 0 Å². The first-order chi connectivity index (χ1) is 12.4. The molecule has 1 aromatic rings. The number of amides is 3. The van der Waals surface area contributed by atoms with Crippen molar-refractivity contribution in [2.75, 3.05) is 33.7 Å². The van der Waals surface area contributed by atoms with Gasteiger partial charge in [-0.05, 0) is 24.0 Å². The van der Waals surface area contributed by atoms with Crippen LogP contribution in [0.1, 0.15) is 31.4 Å². The molecule has 3 atom stereocenters. The molecule has 0 radical (unpaired) electrons. The molecule has 26 heavy (non-hydrogen) atoms. The number of rotatable bonds is 4. The first kappa shape index (κ1) is 18.4. The average molecular weight is 358 g/mol. The van der Waals surface area contributed by atoms with Crippen molar-refractivity contribution in [1.82, 2.24) is 19.7 Å². The molecule has 0 saturated carbocycles. The standard InChI is InChI=1S/C19H26N4O3/c1-13(24)23-8-6-14(12-23)11-21(2)19(26)16-9-17(25)22(3)18(16)15-5-4-7-20-10-15/h4-5,7,10,14,16,18H,6,8-9,11-12H2,1-3H3. The van der Waals surface area contributed by atoms with Crippen molar-refractivity contribution in [1.29, 1.82) is 0 Å². The lowest BCUT2D eigenvalue weighted by Crippen LogP contribution is -2.39. The van der Waals surface area contributed by atoms with E-state index in [1.807, 2.05) is 17.0 Å². The van der Waals surface area contributed by atoms with Gasteiger partial charge in [-0.3, -0.25) is 19.4 Å². The Kier molecular flexibility index (Phi) is 5.25. The van der Waals surface area contributed by atoms with Gasteiger partial charge in [0.25, 0.3) is 0 Å². The molecule has 1 aromatic heterocycles. The summed E-state index contributed by atoms with van der Waals surface area (Å²) in [6.07, 6.45) is 4.54. The molecule has 2 fully saturated rings. The van der Waals surface area contributed by atoms with E-state index in [1.54, 1.807) is 43.2 Å². The summed E-state index contributed by atoms with van der Waals surface area (Å²) in [6.45, 7) is 3.64. The summed E-state index contributed by atoms with van der Waals surface area (Å²) in [6, 6.07) is 3.46. The summed E-state index contributed by atoms with van der Waals surface area (Å²) >= 11 is 0. The molecule has 0 aliphatic carbocycles. The summed E-state index contributed by atoms with van der Waals surface area (Å²) in [5.74, 6) is -0.0558. The van der Waals surface area contributed by atoms with E-state index in [9.17, 15) is 14.4 Å². The minimum atomic E-state index is -0.396. The van der Waals surface area contributed by atoms with Gasteiger partial charge in [0.05, 0.1) is 12.0 Å². The maximum absolute atomic E-state index is 13.1.